The van der Waals surface area contributed by atoms with Gasteiger partial charge in [-0.15, -0.1) is 6.58 Å². The highest BCUT2D eigenvalue weighted by Gasteiger charge is 1.97. The molecule has 15 heavy (non-hydrogen) atoms. The van der Waals surface area contributed by atoms with Gasteiger partial charge in [-0.1, -0.05) is 13.0 Å². The van der Waals surface area contributed by atoms with Crippen LogP contribution >= 0.6 is 0 Å². The van der Waals surface area contributed by atoms with Gasteiger partial charge in [-0.3, -0.25) is 4.79 Å². The molecule has 1 aromatic carbocycles. The Morgan fingerprint density at radius 1 is 1.33 bits per heavy atom. The summed E-state index contributed by atoms with van der Waals surface area (Å²) in [5.41, 5.74) is 1.84. The lowest BCUT2D eigenvalue weighted by Crippen LogP contribution is -2.09. The van der Waals surface area contributed by atoms with E-state index in [-0.39, 0.29) is 5.91 Å². The number of benzene rings is 1. The zero-order chi connectivity index (χ0) is 11.1. The van der Waals surface area contributed by atoms with Crippen molar-refractivity contribution in [2.45, 2.75) is 13.3 Å². The third-order valence-electron chi connectivity index (χ3n) is 1.94. The van der Waals surface area contributed by atoms with Gasteiger partial charge >= 0.3 is 0 Å². The van der Waals surface area contributed by atoms with Crippen LogP contribution in [0.4, 0.5) is 11.4 Å². The molecule has 0 aliphatic carbocycles. The molecular formula is C12H16N2O. The van der Waals surface area contributed by atoms with E-state index in [2.05, 4.69) is 17.2 Å². The predicted molar refractivity (Wildman–Crippen MR) is 64.0 cm³/mol. The van der Waals surface area contributed by atoms with Crippen molar-refractivity contribution in [3.63, 3.8) is 0 Å². The van der Waals surface area contributed by atoms with Crippen LogP contribution in [0, 0.1) is 0 Å². The molecule has 0 aromatic heterocycles. The molecule has 0 bridgehead atoms. The summed E-state index contributed by atoms with van der Waals surface area (Å²) in [6.07, 6.45) is 2.29. The van der Waals surface area contributed by atoms with Crippen molar-refractivity contribution in [2.24, 2.45) is 0 Å². The van der Waals surface area contributed by atoms with Crippen molar-refractivity contribution in [1.82, 2.24) is 0 Å². The summed E-state index contributed by atoms with van der Waals surface area (Å²) in [6, 6.07) is 7.60. The normalized spacial score (nSPS) is 9.40. The Bertz CT molecular complexity index is 330. The van der Waals surface area contributed by atoms with Gasteiger partial charge in [0, 0.05) is 24.3 Å². The Morgan fingerprint density at radius 3 is 2.47 bits per heavy atom. The lowest BCUT2D eigenvalue weighted by atomic mass is 10.2. The van der Waals surface area contributed by atoms with Gasteiger partial charge in [-0.05, 0) is 24.3 Å². The highest BCUT2D eigenvalue weighted by molar-refractivity contribution is 5.90. The molecule has 1 amide bonds. The molecule has 0 saturated carbocycles. The summed E-state index contributed by atoms with van der Waals surface area (Å²) >= 11 is 0. The summed E-state index contributed by atoms with van der Waals surface area (Å²) in [4.78, 5) is 11.1. The number of amides is 1. The van der Waals surface area contributed by atoms with Gasteiger partial charge in [0.05, 0.1) is 0 Å². The van der Waals surface area contributed by atoms with Crippen LogP contribution in [0.25, 0.3) is 0 Å². The van der Waals surface area contributed by atoms with Crippen molar-refractivity contribution in [3.8, 4) is 0 Å². The molecule has 1 aromatic rings. The minimum absolute atomic E-state index is 0.0294. The molecule has 3 heteroatoms. The van der Waals surface area contributed by atoms with E-state index >= 15 is 0 Å². The molecule has 0 aliphatic heterocycles. The zero-order valence-electron chi connectivity index (χ0n) is 8.92. The van der Waals surface area contributed by atoms with Crippen LogP contribution in [-0.2, 0) is 4.79 Å². The van der Waals surface area contributed by atoms with Crippen LogP contribution in [0.2, 0.25) is 0 Å². The van der Waals surface area contributed by atoms with E-state index in [0.717, 1.165) is 17.9 Å². The van der Waals surface area contributed by atoms with E-state index in [4.69, 9.17) is 0 Å². The van der Waals surface area contributed by atoms with Crippen LogP contribution < -0.4 is 10.6 Å². The molecule has 0 aliphatic rings. The average molecular weight is 204 g/mol. The first-order chi connectivity index (χ1) is 7.26. The second-order valence-corrected chi connectivity index (χ2v) is 3.15. The third-order valence-corrected chi connectivity index (χ3v) is 1.94. The smallest absolute Gasteiger partial charge is 0.224 e. The molecule has 0 atom stereocenters. The quantitative estimate of drug-likeness (QED) is 0.724. The van der Waals surface area contributed by atoms with Crippen molar-refractivity contribution in [3.05, 3.63) is 36.9 Å². The van der Waals surface area contributed by atoms with Crippen LogP contribution in [0.5, 0.6) is 0 Å². The molecule has 0 heterocycles. The number of carbonyl (C=O) groups is 1. The SMILES string of the molecule is C=CCNc1ccc(NC(=O)CC)cc1. The molecule has 2 N–H and O–H groups in total. The largest absolute Gasteiger partial charge is 0.382 e. The van der Waals surface area contributed by atoms with E-state index in [1.165, 1.54) is 0 Å². The first-order valence-corrected chi connectivity index (χ1v) is 5.01. The summed E-state index contributed by atoms with van der Waals surface area (Å²) in [7, 11) is 0. The monoisotopic (exact) mass is 204 g/mol. The summed E-state index contributed by atoms with van der Waals surface area (Å²) < 4.78 is 0. The minimum atomic E-state index is 0.0294. The Kier molecular flexibility index (Phi) is 4.41. The molecule has 0 unspecified atom stereocenters. The van der Waals surface area contributed by atoms with E-state index < -0.39 is 0 Å². The summed E-state index contributed by atoms with van der Waals surface area (Å²) in [6.45, 7) is 6.19. The highest BCUT2D eigenvalue weighted by atomic mass is 16.1. The van der Waals surface area contributed by atoms with Gasteiger partial charge in [-0.2, -0.15) is 0 Å². The molecular weight excluding hydrogens is 188 g/mol. The van der Waals surface area contributed by atoms with Gasteiger partial charge < -0.3 is 10.6 Å². The fourth-order valence-electron chi connectivity index (χ4n) is 1.11. The molecule has 80 valence electrons. The number of hydrogen-bond acceptors (Lipinski definition) is 2. The summed E-state index contributed by atoms with van der Waals surface area (Å²) in [5, 5.41) is 5.95. The van der Waals surface area contributed by atoms with Gasteiger partial charge in [-0.25, -0.2) is 0 Å². The fraction of sp³-hybridized carbons (Fsp3) is 0.250. The molecule has 0 saturated heterocycles. The molecule has 1 rings (SSSR count). The van der Waals surface area contributed by atoms with E-state index in [1.54, 1.807) is 6.08 Å². The Hall–Kier alpha value is -1.77. The van der Waals surface area contributed by atoms with Crippen molar-refractivity contribution >= 4 is 17.3 Å². The van der Waals surface area contributed by atoms with Gasteiger partial charge in [0.25, 0.3) is 0 Å². The molecule has 3 nitrogen and oxygen atoms in total. The maximum absolute atomic E-state index is 11.1. The first-order valence-electron chi connectivity index (χ1n) is 5.01. The lowest BCUT2D eigenvalue weighted by Gasteiger charge is -2.06. The van der Waals surface area contributed by atoms with E-state index in [0.29, 0.717) is 6.42 Å². The topological polar surface area (TPSA) is 41.1 Å². The first kappa shape index (κ1) is 11.3. The maximum atomic E-state index is 11.1. The second kappa shape index (κ2) is 5.86. The number of carbonyl (C=O) groups excluding carboxylic acids is 1. The molecule has 0 radical (unpaired) electrons. The fourth-order valence-corrected chi connectivity index (χ4v) is 1.11. The van der Waals surface area contributed by atoms with Gasteiger partial charge in [0.15, 0.2) is 0 Å². The van der Waals surface area contributed by atoms with Gasteiger partial charge in [0.1, 0.15) is 0 Å². The Morgan fingerprint density at radius 2 is 1.93 bits per heavy atom. The van der Waals surface area contributed by atoms with Crippen molar-refractivity contribution < 1.29 is 4.79 Å². The molecule has 0 spiro atoms. The van der Waals surface area contributed by atoms with E-state index in [9.17, 15) is 4.79 Å². The van der Waals surface area contributed by atoms with Crippen molar-refractivity contribution in [1.29, 1.82) is 0 Å². The molecule has 0 fully saturated rings. The zero-order valence-corrected chi connectivity index (χ0v) is 8.92. The maximum Gasteiger partial charge on any atom is 0.224 e. The van der Waals surface area contributed by atoms with E-state index in [1.807, 2.05) is 31.2 Å². The highest BCUT2D eigenvalue weighted by Crippen LogP contribution is 2.13. The number of hydrogen-bond donors (Lipinski definition) is 2. The number of anilines is 2. The van der Waals surface area contributed by atoms with Crippen LogP contribution in [-0.4, -0.2) is 12.5 Å². The van der Waals surface area contributed by atoms with Crippen LogP contribution in [0.1, 0.15) is 13.3 Å². The van der Waals surface area contributed by atoms with Gasteiger partial charge in [0.2, 0.25) is 5.91 Å². The number of nitrogens with one attached hydrogen (secondary N) is 2. The predicted octanol–water partition coefficient (Wildman–Crippen LogP) is 2.63. The average Bonchev–Trinajstić information content (AvgIpc) is 2.28. The Balaban J connectivity index is 2.55. The summed E-state index contributed by atoms with van der Waals surface area (Å²) in [5.74, 6) is 0.0294. The minimum Gasteiger partial charge on any atom is -0.382 e. The van der Waals surface area contributed by atoms with Crippen molar-refractivity contribution in [2.75, 3.05) is 17.2 Å². The van der Waals surface area contributed by atoms with Crippen LogP contribution in [0.15, 0.2) is 36.9 Å². The Labute approximate surface area is 90.2 Å². The lowest BCUT2D eigenvalue weighted by molar-refractivity contribution is -0.115. The standard InChI is InChI=1S/C12H16N2O/c1-3-9-13-10-5-7-11(8-6-10)14-12(15)4-2/h3,5-8,13H,1,4,9H2,2H3,(H,14,15). The number of rotatable bonds is 5. The van der Waals surface area contributed by atoms with Crippen LogP contribution in [0.3, 0.4) is 0 Å². The second-order valence-electron chi connectivity index (χ2n) is 3.15. The third kappa shape index (κ3) is 3.85.